The zero-order valence-corrected chi connectivity index (χ0v) is 10.8. The van der Waals surface area contributed by atoms with Crippen molar-refractivity contribution in [3.8, 4) is 5.75 Å². The Hall–Kier alpha value is -2.27. The third-order valence-electron chi connectivity index (χ3n) is 2.44. The van der Waals surface area contributed by atoms with Crippen LogP contribution in [-0.4, -0.2) is 23.2 Å². The van der Waals surface area contributed by atoms with Gasteiger partial charge < -0.3 is 15.2 Å². The molecule has 0 bridgehead atoms. The highest BCUT2D eigenvalue weighted by Crippen LogP contribution is 2.23. The van der Waals surface area contributed by atoms with Crippen LogP contribution in [0.1, 0.15) is 10.4 Å². The number of carbonyl (C=O) groups is 1. The molecule has 19 heavy (non-hydrogen) atoms. The molecular weight excluding hydrogens is 268 g/mol. The molecule has 6 heteroatoms. The Morgan fingerprint density at radius 1 is 1.26 bits per heavy atom. The number of anilines is 2. The topological polar surface area (TPSA) is 71.5 Å². The molecule has 0 spiro atoms. The van der Waals surface area contributed by atoms with Crippen molar-refractivity contribution in [3.63, 3.8) is 0 Å². The SMILES string of the molecule is COc1ccc(Nc2nc(Cl)ccc2C(=O)O)cc1. The lowest BCUT2D eigenvalue weighted by atomic mass is 10.2. The Morgan fingerprint density at radius 2 is 1.95 bits per heavy atom. The van der Waals surface area contributed by atoms with Gasteiger partial charge in [-0.1, -0.05) is 11.6 Å². The molecular formula is C13H11ClN2O3. The van der Waals surface area contributed by atoms with Crippen molar-refractivity contribution in [1.29, 1.82) is 0 Å². The second kappa shape index (κ2) is 5.58. The maximum absolute atomic E-state index is 11.1. The van der Waals surface area contributed by atoms with Gasteiger partial charge >= 0.3 is 5.97 Å². The van der Waals surface area contributed by atoms with E-state index in [1.807, 2.05) is 0 Å². The lowest BCUT2D eigenvalue weighted by molar-refractivity contribution is 0.0697. The van der Waals surface area contributed by atoms with Crippen LogP contribution >= 0.6 is 11.6 Å². The molecule has 0 saturated carbocycles. The van der Waals surface area contributed by atoms with Crippen molar-refractivity contribution in [2.75, 3.05) is 12.4 Å². The maximum Gasteiger partial charge on any atom is 0.339 e. The number of halogens is 1. The van der Waals surface area contributed by atoms with Crippen molar-refractivity contribution >= 4 is 29.1 Å². The third kappa shape index (κ3) is 3.14. The van der Waals surface area contributed by atoms with Crippen LogP contribution in [0.4, 0.5) is 11.5 Å². The minimum atomic E-state index is -1.07. The molecule has 2 rings (SSSR count). The number of methoxy groups -OCH3 is 1. The molecule has 1 aromatic carbocycles. The number of nitrogens with one attached hydrogen (secondary N) is 1. The molecule has 2 aromatic rings. The monoisotopic (exact) mass is 278 g/mol. The molecule has 0 atom stereocenters. The van der Waals surface area contributed by atoms with Gasteiger partial charge in [-0.2, -0.15) is 0 Å². The van der Waals surface area contributed by atoms with Crippen LogP contribution in [0, 0.1) is 0 Å². The van der Waals surface area contributed by atoms with E-state index in [1.165, 1.54) is 12.1 Å². The van der Waals surface area contributed by atoms with Gasteiger partial charge in [0.1, 0.15) is 22.3 Å². The number of ether oxygens (including phenoxy) is 1. The fourth-order valence-corrected chi connectivity index (χ4v) is 1.66. The van der Waals surface area contributed by atoms with Crippen molar-refractivity contribution in [2.45, 2.75) is 0 Å². The van der Waals surface area contributed by atoms with Gasteiger partial charge in [0.25, 0.3) is 0 Å². The molecule has 1 heterocycles. The number of carboxylic acids is 1. The van der Waals surface area contributed by atoms with E-state index in [2.05, 4.69) is 10.3 Å². The molecule has 0 radical (unpaired) electrons. The number of aromatic nitrogens is 1. The second-order valence-corrected chi connectivity index (χ2v) is 4.08. The molecule has 0 unspecified atom stereocenters. The van der Waals surface area contributed by atoms with E-state index >= 15 is 0 Å². The summed E-state index contributed by atoms with van der Waals surface area (Å²) in [6.45, 7) is 0. The molecule has 5 nitrogen and oxygen atoms in total. The minimum absolute atomic E-state index is 0.0558. The van der Waals surface area contributed by atoms with Gasteiger partial charge in [-0.25, -0.2) is 9.78 Å². The number of aromatic carboxylic acids is 1. The summed E-state index contributed by atoms with van der Waals surface area (Å²) in [7, 11) is 1.57. The normalized spacial score (nSPS) is 10.0. The highest BCUT2D eigenvalue weighted by atomic mass is 35.5. The summed E-state index contributed by atoms with van der Waals surface area (Å²) in [6, 6.07) is 9.87. The van der Waals surface area contributed by atoms with Crippen molar-refractivity contribution < 1.29 is 14.6 Å². The Morgan fingerprint density at radius 3 is 2.53 bits per heavy atom. The lowest BCUT2D eigenvalue weighted by Gasteiger charge is -2.09. The van der Waals surface area contributed by atoms with E-state index in [9.17, 15) is 4.79 Å². The summed E-state index contributed by atoms with van der Waals surface area (Å²) in [5.41, 5.74) is 0.748. The van der Waals surface area contributed by atoms with Crippen LogP contribution in [0.3, 0.4) is 0 Å². The molecule has 0 saturated heterocycles. The van der Waals surface area contributed by atoms with Crippen LogP contribution in [-0.2, 0) is 0 Å². The number of rotatable bonds is 4. The molecule has 0 aliphatic heterocycles. The van der Waals surface area contributed by atoms with E-state index in [0.29, 0.717) is 11.4 Å². The third-order valence-corrected chi connectivity index (χ3v) is 2.65. The van der Waals surface area contributed by atoms with Crippen molar-refractivity contribution in [1.82, 2.24) is 4.98 Å². The van der Waals surface area contributed by atoms with Gasteiger partial charge in [-0.3, -0.25) is 0 Å². The predicted molar refractivity (Wildman–Crippen MR) is 72.5 cm³/mol. The predicted octanol–water partition coefficient (Wildman–Crippen LogP) is 3.19. The van der Waals surface area contributed by atoms with Gasteiger partial charge in [0.05, 0.1) is 7.11 Å². The number of carboxylic acid groups (broad SMARTS) is 1. The molecule has 2 N–H and O–H groups in total. The van der Waals surface area contributed by atoms with E-state index in [4.69, 9.17) is 21.4 Å². The Kier molecular flexibility index (Phi) is 3.87. The van der Waals surface area contributed by atoms with Crippen molar-refractivity contribution in [2.24, 2.45) is 0 Å². The first-order valence-corrected chi connectivity index (χ1v) is 5.79. The molecule has 0 fully saturated rings. The largest absolute Gasteiger partial charge is 0.497 e. The second-order valence-electron chi connectivity index (χ2n) is 3.69. The summed E-state index contributed by atoms with van der Waals surface area (Å²) in [5.74, 6) is -0.159. The fraction of sp³-hybridized carbons (Fsp3) is 0.0769. The van der Waals surface area contributed by atoms with Crippen LogP contribution in [0.25, 0.3) is 0 Å². The number of nitrogens with zero attached hydrogens (tertiary/aromatic N) is 1. The summed E-state index contributed by atoms with van der Waals surface area (Å²) in [5, 5.41) is 12.2. The highest BCUT2D eigenvalue weighted by Gasteiger charge is 2.12. The Bertz CT molecular complexity index is 599. The van der Waals surface area contributed by atoms with Crippen LogP contribution in [0.5, 0.6) is 5.75 Å². The van der Waals surface area contributed by atoms with Crippen LogP contribution in [0.2, 0.25) is 5.15 Å². The standard InChI is InChI=1S/C13H11ClN2O3/c1-19-9-4-2-8(3-5-9)15-12-10(13(17)18)6-7-11(14)16-12/h2-7H,1H3,(H,15,16)(H,17,18). The van der Waals surface area contributed by atoms with E-state index in [0.717, 1.165) is 0 Å². The first-order valence-electron chi connectivity index (χ1n) is 5.41. The summed E-state index contributed by atoms with van der Waals surface area (Å²) >= 11 is 5.77. The Balaban J connectivity index is 2.31. The number of hydrogen-bond donors (Lipinski definition) is 2. The summed E-state index contributed by atoms with van der Waals surface area (Å²) in [6.07, 6.45) is 0. The van der Waals surface area contributed by atoms with Gasteiger partial charge in [0.2, 0.25) is 0 Å². The van der Waals surface area contributed by atoms with E-state index < -0.39 is 5.97 Å². The zero-order valence-electron chi connectivity index (χ0n) is 10.1. The number of pyridine rings is 1. The first kappa shape index (κ1) is 13.2. The minimum Gasteiger partial charge on any atom is -0.497 e. The smallest absolute Gasteiger partial charge is 0.339 e. The quantitative estimate of drug-likeness (QED) is 0.841. The molecule has 0 amide bonds. The van der Waals surface area contributed by atoms with Gasteiger partial charge in [-0.15, -0.1) is 0 Å². The van der Waals surface area contributed by atoms with Gasteiger partial charge in [-0.05, 0) is 36.4 Å². The lowest BCUT2D eigenvalue weighted by Crippen LogP contribution is -2.04. The molecule has 1 aromatic heterocycles. The van der Waals surface area contributed by atoms with E-state index in [-0.39, 0.29) is 16.5 Å². The van der Waals surface area contributed by atoms with Crippen molar-refractivity contribution in [3.05, 3.63) is 47.1 Å². The van der Waals surface area contributed by atoms with Gasteiger partial charge in [0, 0.05) is 5.69 Å². The molecule has 0 aliphatic carbocycles. The average molecular weight is 279 g/mol. The van der Waals surface area contributed by atoms with Gasteiger partial charge in [0.15, 0.2) is 0 Å². The Labute approximate surface area is 114 Å². The molecule has 0 aliphatic rings. The fourth-order valence-electron chi connectivity index (χ4n) is 1.51. The number of benzene rings is 1. The van der Waals surface area contributed by atoms with E-state index in [1.54, 1.807) is 31.4 Å². The zero-order chi connectivity index (χ0) is 13.8. The first-order chi connectivity index (χ1) is 9.10. The van der Waals surface area contributed by atoms with Crippen LogP contribution in [0.15, 0.2) is 36.4 Å². The highest BCUT2D eigenvalue weighted by molar-refractivity contribution is 6.29. The van der Waals surface area contributed by atoms with Crippen LogP contribution < -0.4 is 10.1 Å². The maximum atomic E-state index is 11.1. The molecule has 98 valence electrons. The number of hydrogen-bond acceptors (Lipinski definition) is 4. The average Bonchev–Trinajstić information content (AvgIpc) is 2.39. The summed E-state index contributed by atoms with van der Waals surface area (Å²) < 4.78 is 5.04. The summed E-state index contributed by atoms with van der Waals surface area (Å²) in [4.78, 5) is 15.1.